The van der Waals surface area contributed by atoms with E-state index in [9.17, 15) is 9.59 Å². The number of carboxylic acid groups (broad SMARTS) is 1. The van der Waals surface area contributed by atoms with E-state index in [2.05, 4.69) is 5.32 Å². The van der Waals surface area contributed by atoms with Crippen molar-refractivity contribution in [2.24, 2.45) is 11.8 Å². The molecule has 1 saturated carbocycles. The van der Waals surface area contributed by atoms with Gasteiger partial charge in [0.05, 0.1) is 12.5 Å². The van der Waals surface area contributed by atoms with Crippen LogP contribution in [0.15, 0.2) is 18.2 Å². The summed E-state index contributed by atoms with van der Waals surface area (Å²) < 4.78 is 5.54. The molecule has 6 heteroatoms. The Morgan fingerprint density at radius 3 is 2.52 bits per heavy atom. The van der Waals surface area contributed by atoms with Crippen LogP contribution in [0.25, 0.3) is 0 Å². The van der Waals surface area contributed by atoms with Crippen LogP contribution in [0.4, 0.5) is 0 Å². The fraction of sp³-hybridized carbons (Fsp3) is 0.529. The van der Waals surface area contributed by atoms with Gasteiger partial charge in [-0.25, -0.2) is 0 Å². The van der Waals surface area contributed by atoms with Crippen molar-refractivity contribution in [3.05, 3.63) is 28.8 Å². The minimum atomic E-state index is -0.758. The van der Waals surface area contributed by atoms with Crippen molar-refractivity contribution in [3.63, 3.8) is 0 Å². The summed E-state index contributed by atoms with van der Waals surface area (Å²) in [5.74, 6) is -0.513. The second kappa shape index (κ2) is 8.20. The first-order valence-corrected chi connectivity index (χ1v) is 8.30. The summed E-state index contributed by atoms with van der Waals surface area (Å²) in [7, 11) is 0. The summed E-state index contributed by atoms with van der Waals surface area (Å²) in [5.41, 5.74) is 0.879. The van der Waals surface area contributed by atoms with Crippen molar-refractivity contribution < 1.29 is 19.4 Å². The van der Waals surface area contributed by atoms with Gasteiger partial charge in [0.2, 0.25) is 5.91 Å². The van der Waals surface area contributed by atoms with Gasteiger partial charge in [-0.05, 0) is 44.7 Å². The van der Waals surface area contributed by atoms with Gasteiger partial charge >= 0.3 is 5.97 Å². The van der Waals surface area contributed by atoms with E-state index >= 15 is 0 Å². The highest BCUT2D eigenvalue weighted by Gasteiger charge is 2.29. The molecule has 1 aromatic rings. The lowest BCUT2D eigenvalue weighted by Crippen LogP contribution is -2.34. The second-order valence-corrected chi connectivity index (χ2v) is 6.23. The minimum Gasteiger partial charge on any atom is -0.493 e. The highest BCUT2D eigenvalue weighted by Crippen LogP contribution is 2.29. The van der Waals surface area contributed by atoms with E-state index in [1.54, 1.807) is 12.1 Å². The van der Waals surface area contributed by atoms with Gasteiger partial charge in [-0.1, -0.05) is 17.7 Å². The molecule has 5 nitrogen and oxygen atoms in total. The van der Waals surface area contributed by atoms with E-state index in [1.807, 2.05) is 13.0 Å². The smallest absolute Gasteiger partial charge is 0.306 e. The first kappa shape index (κ1) is 17.6. The van der Waals surface area contributed by atoms with Crippen molar-refractivity contribution in [1.82, 2.24) is 5.32 Å². The maximum atomic E-state index is 12.3. The van der Waals surface area contributed by atoms with Crippen LogP contribution in [0, 0.1) is 11.8 Å². The Morgan fingerprint density at radius 1 is 1.26 bits per heavy atom. The number of carbonyl (C=O) groups is 2. The molecule has 0 unspecified atom stereocenters. The molecule has 0 aliphatic heterocycles. The summed E-state index contributed by atoms with van der Waals surface area (Å²) in [6.45, 7) is 2.80. The molecule has 1 amide bonds. The number of aliphatic carboxylic acids is 1. The zero-order valence-corrected chi connectivity index (χ0v) is 13.9. The van der Waals surface area contributed by atoms with Crippen molar-refractivity contribution in [3.8, 4) is 5.75 Å². The lowest BCUT2D eigenvalue weighted by molar-refractivity contribution is -0.144. The predicted octanol–water partition coefficient (Wildman–Crippen LogP) is 3.25. The number of halogens is 1. The van der Waals surface area contributed by atoms with Gasteiger partial charge < -0.3 is 15.2 Å². The highest BCUT2D eigenvalue weighted by molar-refractivity contribution is 6.30. The number of amides is 1. The van der Waals surface area contributed by atoms with E-state index in [0.29, 0.717) is 49.6 Å². The molecule has 23 heavy (non-hydrogen) atoms. The quantitative estimate of drug-likeness (QED) is 0.834. The molecule has 0 heterocycles. The van der Waals surface area contributed by atoms with Gasteiger partial charge in [0.15, 0.2) is 0 Å². The Kier molecular flexibility index (Phi) is 6.28. The van der Waals surface area contributed by atoms with Crippen LogP contribution in [-0.4, -0.2) is 23.6 Å². The summed E-state index contributed by atoms with van der Waals surface area (Å²) >= 11 is 5.96. The molecule has 126 valence electrons. The number of carbonyl (C=O) groups excluding carboxylic acids is 1. The van der Waals surface area contributed by atoms with Crippen molar-refractivity contribution in [1.29, 1.82) is 0 Å². The highest BCUT2D eigenvalue weighted by atomic mass is 35.5. The Hall–Kier alpha value is -1.75. The average Bonchev–Trinajstić information content (AvgIpc) is 2.54. The zero-order valence-electron chi connectivity index (χ0n) is 13.2. The molecule has 2 rings (SSSR count). The predicted molar refractivity (Wildman–Crippen MR) is 87.6 cm³/mol. The number of rotatable bonds is 6. The number of benzene rings is 1. The van der Waals surface area contributed by atoms with Crippen molar-refractivity contribution >= 4 is 23.5 Å². The normalized spacial score (nSPS) is 20.8. The number of ether oxygens (including phenoxy) is 1. The molecule has 1 aliphatic carbocycles. The zero-order chi connectivity index (χ0) is 16.8. The van der Waals surface area contributed by atoms with Gasteiger partial charge in [-0.3, -0.25) is 9.59 Å². The fourth-order valence-electron chi connectivity index (χ4n) is 2.89. The molecule has 0 saturated heterocycles. The Balaban J connectivity index is 1.89. The summed E-state index contributed by atoms with van der Waals surface area (Å²) in [6, 6.07) is 5.35. The van der Waals surface area contributed by atoms with Crippen LogP contribution < -0.4 is 10.1 Å². The molecule has 0 spiro atoms. The lowest BCUT2D eigenvalue weighted by atomic mass is 9.81. The molecule has 0 bridgehead atoms. The Labute approximate surface area is 141 Å². The summed E-state index contributed by atoms with van der Waals surface area (Å²) in [5, 5.41) is 12.5. The summed E-state index contributed by atoms with van der Waals surface area (Å²) in [4.78, 5) is 23.2. The fourth-order valence-corrected chi connectivity index (χ4v) is 3.06. The van der Waals surface area contributed by atoms with E-state index in [-0.39, 0.29) is 17.7 Å². The monoisotopic (exact) mass is 339 g/mol. The third-order valence-corrected chi connectivity index (χ3v) is 4.46. The summed E-state index contributed by atoms with van der Waals surface area (Å²) in [6.07, 6.45) is 2.39. The van der Waals surface area contributed by atoms with Gasteiger partial charge in [0.1, 0.15) is 5.75 Å². The third kappa shape index (κ3) is 4.86. The molecular formula is C17H22ClNO4. The van der Waals surface area contributed by atoms with Crippen LogP contribution in [0.5, 0.6) is 5.75 Å². The molecule has 1 aromatic carbocycles. The van der Waals surface area contributed by atoms with Crippen LogP contribution in [-0.2, 0) is 16.1 Å². The second-order valence-electron chi connectivity index (χ2n) is 5.79. The van der Waals surface area contributed by atoms with Crippen LogP contribution >= 0.6 is 11.6 Å². The molecule has 0 radical (unpaired) electrons. The van der Waals surface area contributed by atoms with Gasteiger partial charge in [0, 0.05) is 23.0 Å². The van der Waals surface area contributed by atoms with Crippen molar-refractivity contribution in [2.45, 2.75) is 39.2 Å². The average molecular weight is 340 g/mol. The first-order valence-electron chi connectivity index (χ1n) is 7.93. The minimum absolute atomic E-state index is 0.0220. The van der Waals surface area contributed by atoms with Crippen LogP contribution in [0.2, 0.25) is 5.02 Å². The largest absolute Gasteiger partial charge is 0.493 e. The number of carboxylic acids is 1. The number of hydrogen-bond donors (Lipinski definition) is 2. The van der Waals surface area contributed by atoms with Gasteiger partial charge in [-0.15, -0.1) is 0 Å². The van der Waals surface area contributed by atoms with Gasteiger partial charge in [0.25, 0.3) is 0 Å². The van der Waals surface area contributed by atoms with E-state index < -0.39 is 5.97 Å². The van der Waals surface area contributed by atoms with E-state index in [0.717, 1.165) is 5.56 Å². The Morgan fingerprint density at radius 2 is 1.91 bits per heavy atom. The van der Waals surface area contributed by atoms with Gasteiger partial charge in [-0.2, -0.15) is 0 Å². The molecule has 0 atom stereocenters. The molecular weight excluding hydrogens is 318 g/mol. The molecule has 2 N–H and O–H groups in total. The molecule has 0 aromatic heterocycles. The first-order chi connectivity index (χ1) is 11.0. The number of nitrogens with one attached hydrogen (secondary N) is 1. The number of hydrogen-bond acceptors (Lipinski definition) is 3. The maximum Gasteiger partial charge on any atom is 0.306 e. The van der Waals surface area contributed by atoms with Crippen molar-refractivity contribution in [2.75, 3.05) is 6.61 Å². The molecule has 1 fully saturated rings. The van der Waals surface area contributed by atoms with E-state index in [1.165, 1.54) is 0 Å². The third-order valence-electron chi connectivity index (χ3n) is 4.23. The van der Waals surface area contributed by atoms with Crippen LogP contribution in [0.3, 0.4) is 0 Å². The maximum absolute atomic E-state index is 12.3. The molecule has 1 aliphatic rings. The van der Waals surface area contributed by atoms with Crippen LogP contribution in [0.1, 0.15) is 38.2 Å². The topological polar surface area (TPSA) is 75.6 Å². The SMILES string of the molecule is CCOc1cc(Cl)ccc1CNC(=O)C1CCC(C(=O)O)CC1. The standard InChI is InChI=1S/C17H22ClNO4/c1-2-23-15-9-14(18)8-7-13(15)10-19-16(20)11-3-5-12(6-4-11)17(21)22/h7-9,11-12H,2-6,10H2,1H3,(H,19,20)(H,21,22). The van der Waals surface area contributed by atoms with E-state index in [4.69, 9.17) is 21.4 Å². The lowest BCUT2D eigenvalue weighted by Gasteiger charge is -2.25. The Bertz CT molecular complexity index is 568.